The van der Waals surface area contributed by atoms with E-state index in [0.717, 1.165) is 25.6 Å². The Morgan fingerprint density at radius 2 is 1.92 bits per heavy atom. The molecule has 1 unspecified atom stereocenters. The molecule has 0 saturated carbocycles. The second-order valence-corrected chi connectivity index (χ2v) is 6.43. The van der Waals surface area contributed by atoms with Gasteiger partial charge in [0.2, 0.25) is 0 Å². The van der Waals surface area contributed by atoms with Crippen molar-refractivity contribution in [2.75, 3.05) is 31.6 Å². The van der Waals surface area contributed by atoms with Crippen LogP contribution in [0.2, 0.25) is 0 Å². The second kappa shape index (κ2) is 7.19. The summed E-state index contributed by atoms with van der Waals surface area (Å²) in [4.78, 5) is 15.2. The van der Waals surface area contributed by atoms with E-state index in [1.807, 2.05) is 7.05 Å². The van der Waals surface area contributed by atoms with Gasteiger partial charge in [0.1, 0.15) is 0 Å². The highest BCUT2D eigenvalue weighted by Gasteiger charge is 2.27. The minimum Gasteiger partial charge on any atom is -0.465 e. The third-order valence-electron chi connectivity index (χ3n) is 4.60. The van der Waals surface area contributed by atoms with Crippen molar-refractivity contribution in [1.82, 2.24) is 4.90 Å². The molecule has 1 fully saturated rings. The van der Waals surface area contributed by atoms with Crippen molar-refractivity contribution >= 4 is 11.8 Å². The first-order valence-corrected chi connectivity index (χ1v) is 8.19. The van der Waals surface area contributed by atoms with E-state index in [1.165, 1.54) is 17.0 Å². The highest BCUT2D eigenvalue weighted by Crippen LogP contribution is 2.34. The Kier molecular flexibility index (Phi) is 4.99. The molecule has 1 amide bonds. The number of carbonyl (C=O) groups is 1. The van der Waals surface area contributed by atoms with Crippen LogP contribution in [-0.2, 0) is 0 Å². The minimum atomic E-state index is -1.10. The summed E-state index contributed by atoms with van der Waals surface area (Å²) in [5.41, 5.74) is 0.799. The van der Waals surface area contributed by atoms with Crippen LogP contribution in [-0.4, -0.2) is 42.8 Å². The first-order chi connectivity index (χ1) is 12.0. The molecule has 1 N–H and O–H groups in total. The summed E-state index contributed by atoms with van der Waals surface area (Å²) >= 11 is 0. The van der Waals surface area contributed by atoms with E-state index in [-0.39, 0.29) is 11.5 Å². The molecule has 1 aliphatic rings. The molecule has 0 radical (unpaired) electrons. The van der Waals surface area contributed by atoms with Crippen molar-refractivity contribution in [2.45, 2.75) is 6.42 Å². The van der Waals surface area contributed by atoms with Crippen molar-refractivity contribution in [3.63, 3.8) is 0 Å². The molecule has 0 aliphatic carbocycles. The zero-order chi connectivity index (χ0) is 18.0. The van der Waals surface area contributed by atoms with Gasteiger partial charge in [-0.3, -0.25) is 4.90 Å². The molecule has 1 saturated heterocycles. The lowest BCUT2D eigenvalue weighted by molar-refractivity contribution is 0.200. The maximum atomic E-state index is 14.2. The number of hydrogen-bond donors (Lipinski definition) is 1. The van der Waals surface area contributed by atoms with Crippen LogP contribution in [0.5, 0.6) is 0 Å². The molecule has 0 bridgehead atoms. The smallest absolute Gasteiger partial charge is 0.411 e. The van der Waals surface area contributed by atoms with Crippen LogP contribution in [0.1, 0.15) is 6.42 Å². The Balaban J connectivity index is 2.00. The number of amides is 1. The molecule has 6 heteroatoms. The third-order valence-corrected chi connectivity index (χ3v) is 4.60. The summed E-state index contributed by atoms with van der Waals surface area (Å²) in [6.07, 6.45) is -0.185. The predicted molar refractivity (Wildman–Crippen MR) is 92.8 cm³/mol. The van der Waals surface area contributed by atoms with Gasteiger partial charge >= 0.3 is 6.09 Å². The van der Waals surface area contributed by atoms with Crippen LogP contribution in [0.15, 0.2) is 42.5 Å². The fourth-order valence-electron chi connectivity index (χ4n) is 3.36. The van der Waals surface area contributed by atoms with Gasteiger partial charge in [-0.25, -0.2) is 13.6 Å². The monoisotopic (exact) mass is 346 g/mol. The Morgan fingerprint density at radius 3 is 2.60 bits per heavy atom. The number of halogens is 2. The fraction of sp³-hybridized carbons (Fsp3) is 0.316. The number of carboxylic acid groups (broad SMARTS) is 1. The summed E-state index contributed by atoms with van der Waals surface area (Å²) in [6, 6.07) is 10.6. The highest BCUT2D eigenvalue weighted by molar-refractivity contribution is 5.93. The van der Waals surface area contributed by atoms with Crippen molar-refractivity contribution in [1.29, 1.82) is 0 Å². The molecule has 1 atom stereocenters. The van der Waals surface area contributed by atoms with Crippen LogP contribution in [0.4, 0.5) is 19.3 Å². The van der Waals surface area contributed by atoms with Gasteiger partial charge in [0, 0.05) is 24.2 Å². The first-order valence-electron chi connectivity index (χ1n) is 8.19. The van der Waals surface area contributed by atoms with Gasteiger partial charge in [-0.1, -0.05) is 30.3 Å². The number of para-hydroxylation sites is 1. The number of hydrogen-bond acceptors (Lipinski definition) is 2. The number of anilines is 1. The molecule has 1 aliphatic heterocycles. The Hall–Kier alpha value is -2.47. The van der Waals surface area contributed by atoms with Gasteiger partial charge in [-0.05, 0) is 38.1 Å². The van der Waals surface area contributed by atoms with Gasteiger partial charge in [0.25, 0.3) is 0 Å². The lowest BCUT2D eigenvalue weighted by atomic mass is 10.0. The van der Waals surface area contributed by atoms with E-state index in [1.54, 1.807) is 24.3 Å². The standard InChI is InChI=1S/C19H20F2N2O2/c1-22-10-9-13(11-22)12-23(19(24)25)17-8-3-2-5-14(17)15-6-4-7-16(20)18(15)21/h2-8,13H,9-12H2,1H3,(H,24,25). The van der Waals surface area contributed by atoms with Gasteiger partial charge < -0.3 is 10.0 Å². The van der Waals surface area contributed by atoms with Crippen LogP contribution in [0.25, 0.3) is 11.1 Å². The fourth-order valence-corrected chi connectivity index (χ4v) is 3.36. The average Bonchev–Trinajstić information content (AvgIpc) is 3.00. The molecule has 2 aromatic rings. The molecule has 132 valence electrons. The van der Waals surface area contributed by atoms with Crippen LogP contribution in [0, 0.1) is 17.6 Å². The quantitative estimate of drug-likeness (QED) is 0.908. The van der Waals surface area contributed by atoms with E-state index < -0.39 is 17.7 Å². The number of likely N-dealkylation sites (tertiary alicyclic amines) is 1. The summed E-state index contributed by atoms with van der Waals surface area (Å²) in [7, 11) is 2.00. The molecular formula is C19H20F2N2O2. The zero-order valence-electron chi connectivity index (χ0n) is 14.0. The van der Waals surface area contributed by atoms with Gasteiger partial charge in [0.05, 0.1) is 5.69 Å². The average molecular weight is 346 g/mol. The summed E-state index contributed by atoms with van der Waals surface area (Å²) in [6.45, 7) is 2.08. The number of benzene rings is 2. The molecule has 0 aromatic heterocycles. The predicted octanol–water partition coefficient (Wildman–Crippen LogP) is 4.07. The number of nitrogens with zero attached hydrogens (tertiary/aromatic N) is 2. The van der Waals surface area contributed by atoms with Crippen molar-refractivity contribution in [2.24, 2.45) is 5.92 Å². The lowest BCUT2D eigenvalue weighted by Gasteiger charge is -2.25. The molecule has 0 spiro atoms. The summed E-state index contributed by atoms with van der Waals surface area (Å²) < 4.78 is 27.9. The summed E-state index contributed by atoms with van der Waals surface area (Å²) in [5.74, 6) is -1.71. The largest absolute Gasteiger partial charge is 0.465 e. The maximum Gasteiger partial charge on any atom is 0.411 e. The maximum absolute atomic E-state index is 14.2. The van der Waals surface area contributed by atoms with Gasteiger partial charge in [-0.2, -0.15) is 0 Å². The lowest BCUT2D eigenvalue weighted by Crippen LogP contribution is -2.35. The Bertz CT molecular complexity index is 782. The van der Waals surface area contributed by atoms with Crippen LogP contribution in [0.3, 0.4) is 0 Å². The normalized spacial score (nSPS) is 17.6. The molecule has 3 rings (SSSR count). The van der Waals surface area contributed by atoms with E-state index in [0.29, 0.717) is 17.8 Å². The van der Waals surface area contributed by atoms with Crippen LogP contribution >= 0.6 is 0 Å². The van der Waals surface area contributed by atoms with E-state index in [9.17, 15) is 18.7 Å². The minimum absolute atomic E-state index is 0.0605. The van der Waals surface area contributed by atoms with E-state index in [4.69, 9.17) is 0 Å². The van der Waals surface area contributed by atoms with E-state index >= 15 is 0 Å². The molecule has 2 aromatic carbocycles. The Labute approximate surface area is 145 Å². The van der Waals surface area contributed by atoms with Gasteiger partial charge in [-0.15, -0.1) is 0 Å². The topological polar surface area (TPSA) is 43.8 Å². The molecule has 4 nitrogen and oxygen atoms in total. The summed E-state index contributed by atoms with van der Waals surface area (Å²) in [5, 5.41) is 9.69. The van der Waals surface area contributed by atoms with Crippen molar-refractivity contribution in [3.8, 4) is 11.1 Å². The molecule has 25 heavy (non-hydrogen) atoms. The molecule has 1 heterocycles. The van der Waals surface area contributed by atoms with Crippen molar-refractivity contribution in [3.05, 3.63) is 54.1 Å². The van der Waals surface area contributed by atoms with Gasteiger partial charge in [0.15, 0.2) is 11.6 Å². The first kappa shape index (κ1) is 17.4. The van der Waals surface area contributed by atoms with E-state index in [2.05, 4.69) is 4.90 Å². The van der Waals surface area contributed by atoms with Crippen molar-refractivity contribution < 1.29 is 18.7 Å². The third kappa shape index (κ3) is 3.64. The molecular weight excluding hydrogens is 326 g/mol. The SMILES string of the molecule is CN1CCC(CN(C(=O)O)c2ccccc2-c2cccc(F)c2F)C1. The highest BCUT2D eigenvalue weighted by atomic mass is 19.2. The zero-order valence-corrected chi connectivity index (χ0v) is 14.0. The number of rotatable bonds is 4. The van der Waals surface area contributed by atoms with Crippen LogP contribution < -0.4 is 4.90 Å². The second-order valence-electron chi connectivity index (χ2n) is 6.43. The Morgan fingerprint density at radius 1 is 1.20 bits per heavy atom.